The topological polar surface area (TPSA) is 67.4 Å². The van der Waals surface area contributed by atoms with Crippen LogP contribution in [0.4, 0.5) is 0 Å². The van der Waals surface area contributed by atoms with Crippen molar-refractivity contribution in [2.45, 2.75) is 20.8 Å². The first-order chi connectivity index (χ1) is 11.9. The highest BCUT2D eigenvalue weighted by atomic mass is 79.9. The molecule has 2 N–H and O–H groups in total. The molecule has 0 aliphatic heterocycles. The van der Waals surface area contributed by atoms with Gasteiger partial charge in [0.15, 0.2) is 0 Å². The van der Waals surface area contributed by atoms with Crippen LogP contribution in [0.25, 0.3) is 0 Å². The average Bonchev–Trinajstić information content (AvgIpc) is 2.58. The molecule has 0 saturated heterocycles. The van der Waals surface area contributed by atoms with Crippen molar-refractivity contribution in [3.63, 3.8) is 0 Å². The number of benzene rings is 2. The van der Waals surface area contributed by atoms with E-state index in [9.17, 15) is 9.59 Å². The van der Waals surface area contributed by atoms with E-state index in [-0.39, 0.29) is 5.91 Å². The van der Waals surface area contributed by atoms with Crippen molar-refractivity contribution in [3.05, 3.63) is 63.6 Å². The van der Waals surface area contributed by atoms with E-state index < -0.39 is 5.91 Å². The Morgan fingerprint density at radius 2 is 1.68 bits per heavy atom. The van der Waals surface area contributed by atoms with Crippen molar-refractivity contribution in [2.75, 3.05) is 6.61 Å². The van der Waals surface area contributed by atoms with Gasteiger partial charge < -0.3 is 4.74 Å². The Bertz CT molecular complexity index is 775. The lowest BCUT2D eigenvalue weighted by molar-refractivity contribution is 0.0843. The summed E-state index contributed by atoms with van der Waals surface area (Å²) in [7, 11) is 0. The molecule has 6 heteroatoms. The number of rotatable bonds is 5. The lowest BCUT2D eigenvalue weighted by Crippen LogP contribution is -2.42. The number of carbonyl (C=O) groups is 2. The molecule has 0 saturated carbocycles. The maximum Gasteiger partial charge on any atom is 0.273 e. The van der Waals surface area contributed by atoms with Crippen LogP contribution >= 0.6 is 15.9 Å². The predicted molar refractivity (Wildman–Crippen MR) is 101 cm³/mol. The van der Waals surface area contributed by atoms with Gasteiger partial charge in [-0.2, -0.15) is 0 Å². The van der Waals surface area contributed by atoms with Crippen LogP contribution in [-0.4, -0.2) is 18.4 Å². The molecular formula is C19H21BrN2O3. The highest BCUT2D eigenvalue weighted by Crippen LogP contribution is 2.23. The number of hydrazine groups is 1. The van der Waals surface area contributed by atoms with Crippen LogP contribution in [0, 0.1) is 12.8 Å². The van der Waals surface area contributed by atoms with E-state index in [1.165, 1.54) is 0 Å². The van der Waals surface area contributed by atoms with Crippen LogP contribution in [-0.2, 0) is 0 Å². The third-order valence-electron chi connectivity index (χ3n) is 3.44. The number of nitrogens with one attached hydrogen (secondary N) is 2. The highest BCUT2D eigenvalue weighted by Gasteiger charge is 2.15. The Labute approximate surface area is 155 Å². The van der Waals surface area contributed by atoms with Gasteiger partial charge in [0.05, 0.1) is 12.2 Å². The van der Waals surface area contributed by atoms with Crippen molar-refractivity contribution in [1.82, 2.24) is 10.9 Å². The average molecular weight is 405 g/mol. The Balaban J connectivity index is 2.09. The Kier molecular flexibility index (Phi) is 6.58. The van der Waals surface area contributed by atoms with E-state index in [1.807, 2.05) is 32.9 Å². The summed E-state index contributed by atoms with van der Waals surface area (Å²) in [6.07, 6.45) is 0. The van der Waals surface area contributed by atoms with Crippen LogP contribution in [0.2, 0.25) is 0 Å². The molecule has 2 amide bonds. The quantitative estimate of drug-likeness (QED) is 0.743. The molecule has 0 aromatic heterocycles. The molecule has 2 aromatic carbocycles. The number of carbonyl (C=O) groups excluding carboxylic acids is 2. The van der Waals surface area contributed by atoms with Crippen molar-refractivity contribution < 1.29 is 14.3 Å². The van der Waals surface area contributed by atoms with Gasteiger partial charge in [-0.25, -0.2) is 0 Å². The molecule has 25 heavy (non-hydrogen) atoms. The summed E-state index contributed by atoms with van der Waals surface area (Å²) >= 11 is 3.35. The van der Waals surface area contributed by atoms with E-state index in [1.54, 1.807) is 30.3 Å². The fourth-order valence-corrected chi connectivity index (χ4v) is 2.50. The zero-order chi connectivity index (χ0) is 18.4. The number of halogens is 1. The number of ether oxygens (including phenoxy) is 1. The zero-order valence-corrected chi connectivity index (χ0v) is 16.0. The first-order valence-corrected chi connectivity index (χ1v) is 8.76. The van der Waals surface area contributed by atoms with Crippen LogP contribution < -0.4 is 15.6 Å². The molecule has 0 spiro atoms. The summed E-state index contributed by atoms with van der Waals surface area (Å²) in [5, 5.41) is 0. The van der Waals surface area contributed by atoms with Gasteiger partial charge in [0.2, 0.25) is 0 Å². The van der Waals surface area contributed by atoms with E-state index in [4.69, 9.17) is 4.74 Å². The monoisotopic (exact) mass is 404 g/mol. The molecule has 2 rings (SSSR count). The number of aryl methyl sites for hydroxylation is 1. The van der Waals surface area contributed by atoms with Crippen LogP contribution in [0.3, 0.4) is 0 Å². The number of hydrogen-bond acceptors (Lipinski definition) is 3. The molecule has 0 aliphatic carbocycles. The first kappa shape index (κ1) is 19.0. The van der Waals surface area contributed by atoms with Gasteiger partial charge >= 0.3 is 0 Å². The van der Waals surface area contributed by atoms with Crippen molar-refractivity contribution in [1.29, 1.82) is 0 Å². The summed E-state index contributed by atoms with van der Waals surface area (Å²) in [5.41, 5.74) is 6.57. The van der Waals surface area contributed by atoms with Gasteiger partial charge in [0.25, 0.3) is 11.8 Å². The van der Waals surface area contributed by atoms with Crippen molar-refractivity contribution in [2.24, 2.45) is 5.92 Å². The Morgan fingerprint density at radius 3 is 2.32 bits per heavy atom. The Morgan fingerprint density at radius 1 is 1.04 bits per heavy atom. The third kappa shape index (κ3) is 5.32. The fraction of sp³-hybridized carbons (Fsp3) is 0.263. The smallest absolute Gasteiger partial charge is 0.273 e. The van der Waals surface area contributed by atoms with E-state index in [0.717, 1.165) is 10.0 Å². The van der Waals surface area contributed by atoms with E-state index >= 15 is 0 Å². The van der Waals surface area contributed by atoms with Gasteiger partial charge in [0.1, 0.15) is 5.75 Å². The normalized spacial score (nSPS) is 10.4. The van der Waals surface area contributed by atoms with Gasteiger partial charge in [-0.1, -0.05) is 48.0 Å². The Hall–Kier alpha value is -2.34. The molecule has 0 unspecified atom stereocenters. The van der Waals surface area contributed by atoms with Crippen LogP contribution in [0.1, 0.15) is 40.1 Å². The molecule has 0 aliphatic rings. The molecule has 0 radical (unpaired) electrons. The van der Waals surface area contributed by atoms with Gasteiger partial charge in [0, 0.05) is 10.0 Å². The van der Waals surface area contributed by atoms with Gasteiger partial charge in [-0.15, -0.1) is 0 Å². The second-order valence-electron chi connectivity index (χ2n) is 6.07. The fourth-order valence-electron chi connectivity index (χ4n) is 2.14. The largest absolute Gasteiger partial charge is 0.492 e. The van der Waals surface area contributed by atoms with Crippen LogP contribution in [0.15, 0.2) is 46.9 Å². The number of amides is 2. The minimum Gasteiger partial charge on any atom is -0.492 e. The third-order valence-corrected chi connectivity index (χ3v) is 3.93. The summed E-state index contributed by atoms with van der Waals surface area (Å²) in [6.45, 7) is 6.39. The molecule has 0 fully saturated rings. The molecule has 5 nitrogen and oxygen atoms in total. The first-order valence-electron chi connectivity index (χ1n) is 7.97. The second kappa shape index (κ2) is 8.67. The predicted octanol–water partition coefficient (Wildman–Crippen LogP) is 3.87. The van der Waals surface area contributed by atoms with Crippen molar-refractivity contribution in [3.8, 4) is 5.75 Å². The summed E-state index contributed by atoms with van der Waals surface area (Å²) in [4.78, 5) is 24.7. The van der Waals surface area contributed by atoms with E-state index in [2.05, 4.69) is 26.8 Å². The lowest BCUT2D eigenvalue weighted by Gasteiger charge is -2.14. The van der Waals surface area contributed by atoms with Gasteiger partial charge in [-0.3, -0.25) is 20.4 Å². The van der Waals surface area contributed by atoms with E-state index in [0.29, 0.717) is 29.4 Å². The molecule has 2 aromatic rings. The summed E-state index contributed by atoms with van der Waals surface area (Å²) in [5.74, 6) is -0.00653. The highest BCUT2D eigenvalue weighted by molar-refractivity contribution is 9.10. The standard InChI is InChI=1S/C19H21BrN2O3/c1-12(2)11-25-17-9-8-14(20)10-16(17)19(24)22-21-18(23)15-7-5-4-6-13(15)3/h4-10,12H,11H2,1-3H3,(H,21,23)(H,22,24). The lowest BCUT2D eigenvalue weighted by atomic mass is 10.1. The number of hydrogen-bond donors (Lipinski definition) is 2. The summed E-state index contributed by atoms with van der Waals surface area (Å²) in [6, 6.07) is 12.4. The minimum atomic E-state index is -0.443. The summed E-state index contributed by atoms with van der Waals surface area (Å²) < 4.78 is 6.44. The van der Waals surface area contributed by atoms with Crippen LogP contribution in [0.5, 0.6) is 5.75 Å². The molecule has 0 bridgehead atoms. The SMILES string of the molecule is Cc1ccccc1C(=O)NNC(=O)c1cc(Br)ccc1OCC(C)C. The molecule has 0 heterocycles. The maximum atomic E-state index is 12.5. The van der Waals surface area contributed by atoms with Gasteiger partial charge in [-0.05, 0) is 42.7 Å². The molecule has 132 valence electrons. The molecular weight excluding hydrogens is 384 g/mol. The molecule has 0 atom stereocenters. The zero-order valence-electron chi connectivity index (χ0n) is 14.4. The van der Waals surface area contributed by atoms with Crippen molar-refractivity contribution >= 4 is 27.7 Å². The maximum absolute atomic E-state index is 12.5. The minimum absolute atomic E-state index is 0.334. The second-order valence-corrected chi connectivity index (χ2v) is 6.98.